The van der Waals surface area contributed by atoms with Crippen LogP contribution in [-0.2, 0) is 4.79 Å². The maximum atomic E-state index is 10.8. The molecule has 0 radical (unpaired) electrons. The van der Waals surface area contributed by atoms with Gasteiger partial charge in [-0.2, -0.15) is 0 Å². The third kappa shape index (κ3) is 2.77. The summed E-state index contributed by atoms with van der Waals surface area (Å²) in [6.07, 6.45) is 0. The number of rotatable bonds is 3. The zero-order chi connectivity index (χ0) is 12.3. The van der Waals surface area contributed by atoms with Crippen molar-refractivity contribution in [2.45, 2.75) is 6.92 Å². The Kier molecular flexibility index (Phi) is 3.19. The van der Waals surface area contributed by atoms with E-state index in [1.54, 1.807) is 0 Å². The molecule has 1 amide bonds. The molecule has 0 atom stereocenters. The molecule has 0 fully saturated rings. The molecule has 0 aliphatic heterocycles. The molecule has 0 bridgehead atoms. The standard InChI is InChI=1S/C9H8N2O5/c1-5(12)10-7-2-6(9(13)14)3-8(4-7)11(15)16/h2-4H,1H3,(H2-,10,12,13,14,15,16)/p+1. The molecular formula is C9H9N2O5+. The van der Waals surface area contributed by atoms with Crippen molar-refractivity contribution in [2.24, 2.45) is 0 Å². The second-order valence-electron chi connectivity index (χ2n) is 3.03. The summed E-state index contributed by atoms with van der Waals surface area (Å²) in [5.74, 6) is -1.68. The normalized spacial score (nSPS) is 9.56. The molecule has 84 valence electrons. The predicted octanol–water partition coefficient (Wildman–Crippen LogP) is 1.14. The second-order valence-corrected chi connectivity index (χ2v) is 3.03. The predicted molar refractivity (Wildman–Crippen MR) is 52.8 cm³/mol. The first-order valence-corrected chi connectivity index (χ1v) is 4.22. The van der Waals surface area contributed by atoms with Crippen molar-refractivity contribution < 1.29 is 24.8 Å². The van der Waals surface area contributed by atoms with Crippen LogP contribution in [0.5, 0.6) is 0 Å². The van der Waals surface area contributed by atoms with Crippen LogP contribution in [0.25, 0.3) is 0 Å². The van der Waals surface area contributed by atoms with Gasteiger partial charge in [-0.05, 0) is 6.07 Å². The highest BCUT2D eigenvalue weighted by Gasteiger charge is 2.17. The largest absolute Gasteiger partial charge is 0.478 e. The number of benzene rings is 1. The number of anilines is 1. The van der Waals surface area contributed by atoms with E-state index in [2.05, 4.69) is 5.32 Å². The minimum atomic E-state index is -1.27. The number of nitrogens with zero attached hydrogens (tertiary/aromatic N) is 1. The lowest BCUT2D eigenvalue weighted by Crippen LogP contribution is -2.08. The van der Waals surface area contributed by atoms with Gasteiger partial charge in [0.05, 0.1) is 10.5 Å². The van der Waals surface area contributed by atoms with Crippen LogP contribution < -0.4 is 5.32 Å². The first-order chi connectivity index (χ1) is 7.40. The summed E-state index contributed by atoms with van der Waals surface area (Å²) in [6, 6.07) is 3.32. The van der Waals surface area contributed by atoms with Gasteiger partial charge < -0.3 is 10.4 Å². The minimum absolute atomic E-state index is 0.123. The quantitative estimate of drug-likeness (QED) is 0.668. The molecule has 1 aromatic carbocycles. The van der Waals surface area contributed by atoms with Gasteiger partial charge in [-0.1, -0.05) is 0 Å². The van der Waals surface area contributed by atoms with E-state index in [4.69, 9.17) is 10.3 Å². The molecule has 16 heavy (non-hydrogen) atoms. The van der Waals surface area contributed by atoms with Gasteiger partial charge in [-0.15, -0.1) is 0 Å². The Morgan fingerprint density at radius 2 is 1.94 bits per heavy atom. The van der Waals surface area contributed by atoms with Gasteiger partial charge in [0.15, 0.2) is 0 Å². The number of amides is 1. The Bertz CT molecular complexity index is 437. The number of carbonyl (C=O) groups excluding carboxylic acids is 1. The van der Waals surface area contributed by atoms with E-state index in [1.807, 2.05) is 0 Å². The minimum Gasteiger partial charge on any atom is -0.478 e. The summed E-state index contributed by atoms with van der Waals surface area (Å²) in [4.78, 5) is 31.6. The number of hydrogen-bond donors (Lipinski definition) is 3. The van der Waals surface area contributed by atoms with Gasteiger partial charge >= 0.3 is 11.7 Å². The van der Waals surface area contributed by atoms with Gasteiger partial charge in [0.25, 0.3) is 4.92 Å². The first kappa shape index (κ1) is 11.6. The molecule has 0 saturated heterocycles. The topological polar surface area (TPSA) is 107 Å². The average Bonchev–Trinajstić information content (AvgIpc) is 2.15. The lowest BCUT2D eigenvalue weighted by Gasteiger charge is -2.02. The number of carbonyl (C=O) groups is 2. The Hall–Kier alpha value is -2.44. The molecule has 0 aromatic heterocycles. The SMILES string of the molecule is CC(=O)Nc1cc(C(=O)O)cc([N+](=O)O)c1. The molecule has 0 heterocycles. The molecule has 1 aromatic rings. The van der Waals surface area contributed by atoms with E-state index in [1.165, 1.54) is 13.0 Å². The molecule has 1 rings (SSSR count). The first-order valence-electron chi connectivity index (χ1n) is 4.22. The number of nitrogens with one attached hydrogen (secondary N) is 1. The smallest absolute Gasteiger partial charge is 0.336 e. The molecular weight excluding hydrogens is 216 g/mol. The summed E-state index contributed by atoms with van der Waals surface area (Å²) in [7, 11) is 0. The lowest BCUT2D eigenvalue weighted by molar-refractivity contribution is -0.729. The lowest BCUT2D eigenvalue weighted by atomic mass is 10.1. The zero-order valence-electron chi connectivity index (χ0n) is 8.30. The molecule has 7 nitrogen and oxygen atoms in total. The van der Waals surface area contributed by atoms with Gasteiger partial charge in [-0.3, -0.25) is 4.79 Å². The van der Waals surface area contributed by atoms with Crippen LogP contribution in [0.2, 0.25) is 0 Å². The van der Waals surface area contributed by atoms with E-state index in [0.29, 0.717) is 0 Å². The number of carboxylic acids is 1. The van der Waals surface area contributed by atoms with Crippen molar-refractivity contribution in [3.8, 4) is 0 Å². The molecule has 3 N–H and O–H groups in total. The van der Waals surface area contributed by atoms with Crippen LogP contribution in [0.15, 0.2) is 18.2 Å². The summed E-state index contributed by atoms with van der Waals surface area (Å²) < 4.78 is 0. The fourth-order valence-electron chi connectivity index (χ4n) is 1.12. The molecule has 7 heteroatoms. The summed E-state index contributed by atoms with van der Waals surface area (Å²) >= 11 is 0. The monoisotopic (exact) mass is 225 g/mol. The molecule has 0 saturated carbocycles. The van der Waals surface area contributed by atoms with Gasteiger partial charge in [-0.25, -0.2) is 10.0 Å². The highest BCUT2D eigenvalue weighted by molar-refractivity contribution is 5.93. The second kappa shape index (κ2) is 4.39. The van der Waals surface area contributed by atoms with Crippen molar-refractivity contribution in [3.05, 3.63) is 28.7 Å². The van der Waals surface area contributed by atoms with Gasteiger partial charge in [0.2, 0.25) is 5.91 Å². The van der Waals surface area contributed by atoms with Crippen molar-refractivity contribution in [1.82, 2.24) is 0 Å². The third-order valence-corrected chi connectivity index (χ3v) is 1.71. The number of carboxylic acid groups (broad SMARTS) is 1. The van der Waals surface area contributed by atoms with E-state index in [9.17, 15) is 14.5 Å². The van der Waals surface area contributed by atoms with E-state index < -0.39 is 16.8 Å². The zero-order valence-corrected chi connectivity index (χ0v) is 8.30. The maximum Gasteiger partial charge on any atom is 0.336 e. The Labute approximate surface area is 89.8 Å². The van der Waals surface area contributed by atoms with Gasteiger partial charge in [0, 0.05) is 24.7 Å². The maximum absolute atomic E-state index is 10.8. The molecule has 0 aliphatic rings. The van der Waals surface area contributed by atoms with Crippen molar-refractivity contribution in [1.29, 1.82) is 0 Å². The van der Waals surface area contributed by atoms with Crippen LogP contribution >= 0.6 is 0 Å². The van der Waals surface area contributed by atoms with Crippen LogP contribution in [0.1, 0.15) is 17.3 Å². The summed E-state index contributed by atoms with van der Waals surface area (Å²) in [6.45, 7) is 1.24. The van der Waals surface area contributed by atoms with Gasteiger partial charge in [0.1, 0.15) is 0 Å². The van der Waals surface area contributed by atoms with E-state index in [0.717, 1.165) is 12.1 Å². The third-order valence-electron chi connectivity index (χ3n) is 1.71. The van der Waals surface area contributed by atoms with Crippen LogP contribution in [-0.4, -0.2) is 27.1 Å². The summed E-state index contributed by atoms with van der Waals surface area (Å²) in [5, 5.41) is 19.7. The van der Waals surface area contributed by atoms with Crippen LogP contribution in [0.4, 0.5) is 11.4 Å². The van der Waals surface area contributed by atoms with Crippen molar-refractivity contribution in [3.63, 3.8) is 0 Å². The van der Waals surface area contributed by atoms with Crippen LogP contribution in [0, 0.1) is 4.91 Å². The Balaban J connectivity index is 3.23. The molecule has 0 aliphatic carbocycles. The fraction of sp³-hybridized carbons (Fsp3) is 0.111. The van der Waals surface area contributed by atoms with Crippen molar-refractivity contribution >= 4 is 23.3 Å². The molecule has 0 unspecified atom stereocenters. The average molecular weight is 225 g/mol. The fourth-order valence-corrected chi connectivity index (χ4v) is 1.12. The summed E-state index contributed by atoms with van der Waals surface area (Å²) in [5.41, 5.74) is -0.364. The van der Waals surface area contributed by atoms with Crippen molar-refractivity contribution in [2.75, 3.05) is 5.32 Å². The van der Waals surface area contributed by atoms with Crippen LogP contribution in [0.3, 0.4) is 0 Å². The Morgan fingerprint density at radius 1 is 1.31 bits per heavy atom. The van der Waals surface area contributed by atoms with E-state index >= 15 is 0 Å². The highest BCUT2D eigenvalue weighted by atomic mass is 16.6. The Morgan fingerprint density at radius 3 is 2.38 bits per heavy atom. The number of hydrogen-bond acceptors (Lipinski definition) is 3. The number of aromatic carboxylic acids is 1. The van der Waals surface area contributed by atoms with E-state index in [-0.39, 0.29) is 16.9 Å². The molecule has 0 spiro atoms. The highest BCUT2D eigenvalue weighted by Crippen LogP contribution is 2.20.